The van der Waals surface area contributed by atoms with Gasteiger partial charge in [0.1, 0.15) is 11.6 Å². The van der Waals surface area contributed by atoms with Gasteiger partial charge in [-0.2, -0.15) is 0 Å². The number of carbonyl (C=O) groups excluding carboxylic acids is 1. The second-order valence-electron chi connectivity index (χ2n) is 10.0. The fraction of sp³-hybridized carbons (Fsp3) is 0.290. The van der Waals surface area contributed by atoms with Gasteiger partial charge >= 0.3 is 0 Å². The summed E-state index contributed by atoms with van der Waals surface area (Å²) in [5, 5.41) is 0.757. The van der Waals surface area contributed by atoms with E-state index in [4.69, 9.17) is 16.3 Å². The van der Waals surface area contributed by atoms with E-state index in [0.29, 0.717) is 26.1 Å². The maximum atomic E-state index is 13.2. The number of H-pyrrole nitrogens is 1. The van der Waals surface area contributed by atoms with Crippen LogP contribution in [-0.4, -0.2) is 53.6 Å². The molecule has 1 N–H and O–H groups in total. The van der Waals surface area contributed by atoms with Crippen molar-refractivity contribution in [2.75, 3.05) is 37.7 Å². The van der Waals surface area contributed by atoms with Crippen LogP contribution in [0.1, 0.15) is 24.2 Å². The summed E-state index contributed by atoms with van der Waals surface area (Å²) in [5.41, 5.74) is 7.62. The fourth-order valence-electron chi connectivity index (χ4n) is 5.40. The molecule has 1 aromatic heterocycles. The molecule has 2 aliphatic rings. The number of fused-ring (bicyclic) bond motifs is 2. The molecule has 1 amide bonds. The lowest BCUT2D eigenvalue weighted by Crippen LogP contribution is -2.49. The molecule has 6 rings (SSSR count). The first-order valence-electron chi connectivity index (χ1n) is 13.2. The van der Waals surface area contributed by atoms with Crippen molar-refractivity contribution in [2.45, 2.75) is 26.2 Å². The second-order valence-corrected chi connectivity index (χ2v) is 10.4. The molecule has 6 nitrogen and oxygen atoms in total. The summed E-state index contributed by atoms with van der Waals surface area (Å²) in [7, 11) is 0. The number of aryl methyl sites for hydroxylation is 1. The number of rotatable bonds is 4. The fourth-order valence-corrected chi connectivity index (χ4v) is 5.65. The summed E-state index contributed by atoms with van der Waals surface area (Å²) in [6.45, 7) is 5.54. The SMILES string of the molecule is Cc1nc2ccc(-c3ccc4c(c3)C/C=C(/CC(=O)N3CCN(c5ccccc5Cl)CC3)CCO4)cc2[nH]1. The van der Waals surface area contributed by atoms with E-state index in [9.17, 15) is 4.79 Å². The molecular weight excluding hydrogens is 496 g/mol. The van der Waals surface area contributed by atoms with Gasteiger partial charge in [-0.3, -0.25) is 4.79 Å². The number of amides is 1. The Bertz CT molecular complexity index is 1520. The lowest BCUT2D eigenvalue weighted by molar-refractivity contribution is -0.130. The average molecular weight is 527 g/mol. The van der Waals surface area contributed by atoms with Crippen LogP contribution in [0.15, 0.2) is 72.3 Å². The van der Waals surface area contributed by atoms with Crippen LogP contribution in [0.2, 0.25) is 5.02 Å². The first-order chi connectivity index (χ1) is 18.5. The molecule has 0 saturated carbocycles. The van der Waals surface area contributed by atoms with Crippen LogP contribution in [-0.2, 0) is 11.2 Å². The zero-order valence-corrected chi connectivity index (χ0v) is 22.3. The molecule has 194 valence electrons. The van der Waals surface area contributed by atoms with Gasteiger partial charge in [-0.25, -0.2) is 4.98 Å². The number of hydrogen-bond donors (Lipinski definition) is 1. The second kappa shape index (κ2) is 10.5. The lowest BCUT2D eigenvalue weighted by atomic mass is 9.97. The molecule has 0 spiro atoms. The minimum Gasteiger partial charge on any atom is -0.493 e. The summed E-state index contributed by atoms with van der Waals surface area (Å²) in [5.74, 6) is 2.02. The first-order valence-corrected chi connectivity index (χ1v) is 13.6. The monoisotopic (exact) mass is 526 g/mol. The Labute approximate surface area is 227 Å². The average Bonchev–Trinajstić information content (AvgIpc) is 3.30. The number of benzene rings is 3. The number of aromatic amines is 1. The predicted molar refractivity (Wildman–Crippen MR) is 153 cm³/mol. The van der Waals surface area contributed by atoms with Crippen molar-refractivity contribution < 1.29 is 9.53 Å². The molecule has 7 heteroatoms. The van der Waals surface area contributed by atoms with Crippen molar-refractivity contribution in [1.29, 1.82) is 0 Å². The van der Waals surface area contributed by atoms with E-state index in [1.54, 1.807) is 0 Å². The number of nitrogens with zero attached hydrogens (tertiary/aromatic N) is 3. The predicted octanol–water partition coefficient (Wildman–Crippen LogP) is 6.18. The van der Waals surface area contributed by atoms with Crippen LogP contribution in [0.25, 0.3) is 22.2 Å². The summed E-state index contributed by atoms with van der Waals surface area (Å²) in [4.78, 5) is 25.2. The Balaban J connectivity index is 1.12. The van der Waals surface area contributed by atoms with Crippen molar-refractivity contribution in [1.82, 2.24) is 14.9 Å². The molecular formula is C31H31ClN4O2. The van der Waals surface area contributed by atoms with Gasteiger partial charge < -0.3 is 19.5 Å². The maximum absolute atomic E-state index is 13.2. The van der Waals surface area contributed by atoms with Crippen molar-refractivity contribution in [3.8, 4) is 16.9 Å². The number of piperazine rings is 1. The molecule has 4 aromatic rings. The number of aromatic nitrogens is 2. The van der Waals surface area contributed by atoms with Gasteiger partial charge in [0.05, 0.1) is 28.4 Å². The Hall–Kier alpha value is -3.77. The molecule has 3 heterocycles. The third-order valence-electron chi connectivity index (χ3n) is 7.49. The molecule has 1 saturated heterocycles. The number of carbonyl (C=O) groups is 1. The van der Waals surface area contributed by atoms with E-state index in [0.717, 1.165) is 81.5 Å². The Kier molecular flexibility index (Phi) is 6.81. The highest BCUT2D eigenvalue weighted by Crippen LogP contribution is 2.31. The lowest BCUT2D eigenvalue weighted by Gasteiger charge is -2.36. The highest BCUT2D eigenvalue weighted by Gasteiger charge is 2.23. The number of anilines is 1. The minimum absolute atomic E-state index is 0.188. The Morgan fingerprint density at radius 3 is 2.66 bits per heavy atom. The van der Waals surface area contributed by atoms with Gasteiger partial charge in [0, 0.05) is 39.0 Å². The van der Waals surface area contributed by atoms with Crippen LogP contribution in [0.4, 0.5) is 5.69 Å². The van der Waals surface area contributed by atoms with E-state index in [-0.39, 0.29) is 5.91 Å². The normalized spacial score (nSPS) is 17.3. The number of ether oxygens (including phenoxy) is 1. The summed E-state index contributed by atoms with van der Waals surface area (Å²) < 4.78 is 6.12. The number of para-hydroxylation sites is 1. The number of hydrogen-bond acceptors (Lipinski definition) is 4. The van der Waals surface area contributed by atoms with Gasteiger partial charge in [0.25, 0.3) is 0 Å². The number of allylic oxidation sites excluding steroid dienone is 1. The quantitative estimate of drug-likeness (QED) is 0.322. The van der Waals surface area contributed by atoms with Crippen LogP contribution in [0, 0.1) is 6.92 Å². The van der Waals surface area contributed by atoms with E-state index < -0.39 is 0 Å². The molecule has 2 aliphatic heterocycles. The van der Waals surface area contributed by atoms with Gasteiger partial charge in [0.2, 0.25) is 5.91 Å². The smallest absolute Gasteiger partial charge is 0.226 e. The Morgan fingerprint density at radius 1 is 1.03 bits per heavy atom. The van der Waals surface area contributed by atoms with Crippen molar-refractivity contribution in [3.05, 3.63) is 88.7 Å². The molecule has 0 atom stereocenters. The van der Waals surface area contributed by atoms with Gasteiger partial charge in [-0.1, -0.05) is 47.5 Å². The standard InChI is InChI=1S/C31H31ClN4O2/c1-21-33-27-10-8-24(20-28(27)34-21)23-9-11-30-25(19-23)7-6-22(12-17-38-30)18-31(37)36-15-13-35(14-16-36)29-5-3-2-4-26(29)32/h2-6,8-11,19-20H,7,12-18H2,1H3,(H,33,34)/b22-6+. The Morgan fingerprint density at radius 2 is 1.82 bits per heavy atom. The first kappa shape index (κ1) is 24.6. The van der Waals surface area contributed by atoms with Crippen LogP contribution in [0.3, 0.4) is 0 Å². The third kappa shape index (κ3) is 5.14. The summed E-state index contributed by atoms with van der Waals surface area (Å²) >= 11 is 6.37. The van der Waals surface area contributed by atoms with Crippen LogP contribution >= 0.6 is 11.6 Å². The van der Waals surface area contributed by atoms with Gasteiger partial charge in [0.15, 0.2) is 0 Å². The maximum Gasteiger partial charge on any atom is 0.226 e. The molecule has 0 radical (unpaired) electrons. The van der Waals surface area contributed by atoms with Crippen molar-refractivity contribution in [3.63, 3.8) is 0 Å². The van der Waals surface area contributed by atoms with E-state index >= 15 is 0 Å². The number of halogens is 1. The van der Waals surface area contributed by atoms with Crippen LogP contribution in [0.5, 0.6) is 5.75 Å². The van der Waals surface area contributed by atoms with Crippen molar-refractivity contribution >= 4 is 34.2 Å². The third-order valence-corrected chi connectivity index (χ3v) is 7.81. The zero-order valence-electron chi connectivity index (χ0n) is 21.5. The number of nitrogens with one attached hydrogen (secondary N) is 1. The van der Waals surface area contributed by atoms with E-state index in [1.807, 2.05) is 36.1 Å². The van der Waals surface area contributed by atoms with Gasteiger partial charge in [-0.05, 0) is 66.4 Å². The molecule has 0 aliphatic carbocycles. The largest absolute Gasteiger partial charge is 0.493 e. The van der Waals surface area contributed by atoms with Crippen LogP contribution < -0.4 is 9.64 Å². The number of imidazole rings is 1. The topological polar surface area (TPSA) is 61.5 Å². The highest BCUT2D eigenvalue weighted by molar-refractivity contribution is 6.33. The molecule has 3 aromatic carbocycles. The summed E-state index contributed by atoms with van der Waals surface area (Å²) in [6, 6.07) is 20.6. The van der Waals surface area contributed by atoms with E-state index in [2.05, 4.69) is 57.3 Å². The minimum atomic E-state index is 0.188. The molecule has 0 unspecified atom stereocenters. The van der Waals surface area contributed by atoms with E-state index in [1.165, 1.54) is 0 Å². The molecule has 1 fully saturated rings. The molecule has 0 bridgehead atoms. The zero-order chi connectivity index (χ0) is 26.1. The van der Waals surface area contributed by atoms with Gasteiger partial charge in [-0.15, -0.1) is 0 Å². The van der Waals surface area contributed by atoms with Crippen molar-refractivity contribution in [2.24, 2.45) is 0 Å². The summed E-state index contributed by atoms with van der Waals surface area (Å²) in [6.07, 6.45) is 4.19. The highest BCUT2D eigenvalue weighted by atomic mass is 35.5. The molecule has 38 heavy (non-hydrogen) atoms.